The van der Waals surface area contributed by atoms with Crippen LogP contribution in [0.15, 0.2) is 18.2 Å². The number of amides is 1. The second kappa shape index (κ2) is 7.49. The van der Waals surface area contributed by atoms with Crippen LogP contribution in [0.25, 0.3) is 0 Å². The van der Waals surface area contributed by atoms with E-state index in [1.807, 2.05) is 0 Å². The predicted molar refractivity (Wildman–Crippen MR) is 73.1 cm³/mol. The van der Waals surface area contributed by atoms with E-state index < -0.39 is 11.8 Å². The van der Waals surface area contributed by atoms with Gasteiger partial charge in [-0.15, -0.1) is 0 Å². The highest BCUT2D eigenvalue weighted by atomic mass is 16.5. The molecule has 1 aromatic carbocycles. The second-order valence-electron chi connectivity index (χ2n) is 4.17. The van der Waals surface area contributed by atoms with E-state index in [9.17, 15) is 9.59 Å². The van der Waals surface area contributed by atoms with Gasteiger partial charge in [0.25, 0.3) is 0 Å². The summed E-state index contributed by atoms with van der Waals surface area (Å²) in [6, 6.07) is 4.74. The summed E-state index contributed by atoms with van der Waals surface area (Å²) in [5.74, 6) is -0.623. The summed E-state index contributed by atoms with van der Waals surface area (Å²) >= 11 is 0. The number of hydrogen-bond donors (Lipinski definition) is 2. The molecule has 0 aromatic heterocycles. The minimum atomic E-state index is -0.834. The number of ketones is 1. The number of nitrogens with one attached hydrogen (secondary N) is 1. The van der Waals surface area contributed by atoms with Crippen molar-refractivity contribution in [2.45, 2.75) is 6.92 Å². The molecule has 6 nitrogen and oxygen atoms in total. The molecule has 0 bridgehead atoms. The lowest BCUT2D eigenvalue weighted by atomic mass is 9.98. The van der Waals surface area contributed by atoms with Crippen LogP contribution in [-0.2, 0) is 4.79 Å². The van der Waals surface area contributed by atoms with E-state index in [4.69, 9.17) is 14.6 Å². The van der Waals surface area contributed by atoms with Gasteiger partial charge in [0.1, 0.15) is 0 Å². The summed E-state index contributed by atoms with van der Waals surface area (Å²) in [6.07, 6.45) is 0. The Balaban J connectivity index is 2.88. The topological polar surface area (TPSA) is 84.9 Å². The normalized spacial score (nSPS) is 11.6. The zero-order valence-corrected chi connectivity index (χ0v) is 11.8. The van der Waals surface area contributed by atoms with E-state index in [1.54, 1.807) is 12.1 Å². The molecule has 2 N–H and O–H groups in total. The standard InChI is InChI=1S/C14H19NO5/c1-9(14(18)15-6-7-16)13(17)10-4-5-11(19-2)12(8-10)20-3/h4-5,8-9,16H,6-7H2,1-3H3,(H,15,18). The van der Waals surface area contributed by atoms with Gasteiger partial charge in [-0.2, -0.15) is 0 Å². The van der Waals surface area contributed by atoms with Crippen LogP contribution >= 0.6 is 0 Å². The minimum absolute atomic E-state index is 0.127. The molecule has 1 unspecified atom stereocenters. The van der Waals surface area contributed by atoms with Crippen LogP contribution < -0.4 is 14.8 Å². The van der Waals surface area contributed by atoms with Crippen molar-refractivity contribution in [2.24, 2.45) is 5.92 Å². The third-order valence-corrected chi connectivity index (χ3v) is 2.87. The highest BCUT2D eigenvalue weighted by Crippen LogP contribution is 2.28. The number of ether oxygens (including phenoxy) is 2. The number of carbonyl (C=O) groups excluding carboxylic acids is 2. The minimum Gasteiger partial charge on any atom is -0.493 e. The van der Waals surface area contributed by atoms with E-state index in [2.05, 4.69) is 5.32 Å². The van der Waals surface area contributed by atoms with E-state index in [-0.39, 0.29) is 18.9 Å². The van der Waals surface area contributed by atoms with Gasteiger partial charge in [0.15, 0.2) is 17.3 Å². The fraction of sp³-hybridized carbons (Fsp3) is 0.429. The molecule has 1 atom stereocenters. The molecule has 1 amide bonds. The molecule has 20 heavy (non-hydrogen) atoms. The molecule has 0 heterocycles. The van der Waals surface area contributed by atoms with Crippen LogP contribution in [0.2, 0.25) is 0 Å². The van der Waals surface area contributed by atoms with Gasteiger partial charge in [0.2, 0.25) is 5.91 Å². The largest absolute Gasteiger partial charge is 0.493 e. The van der Waals surface area contributed by atoms with Crippen molar-refractivity contribution in [1.29, 1.82) is 0 Å². The summed E-state index contributed by atoms with van der Waals surface area (Å²) in [4.78, 5) is 23.9. The molecule has 0 aliphatic carbocycles. The van der Waals surface area contributed by atoms with Crippen molar-refractivity contribution in [2.75, 3.05) is 27.4 Å². The van der Waals surface area contributed by atoms with Gasteiger partial charge in [-0.25, -0.2) is 0 Å². The highest BCUT2D eigenvalue weighted by Gasteiger charge is 2.23. The Kier molecular flexibility index (Phi) is 5.99. The molecular weight excluding hydrogens is 262 g/mol. The lowest BCUT2D eigenvalue weighted by Crippen LogP contribution is -2.35. The van der Waals surface area contributed by atoms with Crippen molar-refractivity contribution in [1.82, 2.24) is 5.32 Å². The van der Waals surface area contributed by atoms with Gasteiger partial charge in [-0.3, -0.25) is 9.59 Å². The zero-order chi connectivity index (χ0) is 15.1. The van der Waals surface area contributed by atoms with E-state index >= 15 is 0 Å². The lowest BCUT2D eigenvalue weighted by molar-refractivity contribution is -0.123. The van der Waals surface area contributed by atoms with Gasteiger partial charge in [-0.1, -0.05) is 0 Å². The van der Waals surface area contributed by atoms with Gasteiger partial charge in [-0.05, 0) is 25.1 Å². The summed E-state index contributed by atoms with van der Waals surface area (Å²) in [7, 11) is 2.98. The molecule has 110 valence electrons. The Morgan fingerprint density at radius 3 is 2.45 bits per heavy atom. The van der Waals surface area contributed by atoms with Crippen molar-refractivity contribution in [3.05, 3.63) is 23.8 Å². The quantitative estimate of drug-likeness (QED) is 0.565. The monoisotopic (exact) mass is 281 g/mol. The first-order chi connectivity index (χ1) is 9.54. The number of aliphatic hydroxyl groups is 1. The third-order valence-electron chi connectivity index (χ3n) is 2.87. The van der Waals surface area contributed by atoms with Crippen LogP contribution in [0.1, 0.15) is 17.3 Å². The fourth-order valence-electron chi connectivity index (χ4n) is 1.69. The molecule has 0 fully saturated rings. The lowest BCUT2D eigenvalue weighted by Gasteiger charge is -2.13. The van der Waals surface area contributed by atoms with Crippen LogP contribution in [0.3, 0.4) is 0 Å². The Morgan fingerprint density at radius 1 is 1.25 bits per heavy atom. The molecule has 0 saturated carbocycles. The Morgan fingerprint density at radius 2 is 1.90 bits per heavy atom. The van der Waals surface area contributed by atoms with Crippen LogP contribution in [0.5, 0.6) is 11.5 Å². The first-order valence-electron chi connectivity index (χ1n) is 6.20. The third kappa shape index (κ3) is 3.71. The van der Waals surface area contributed by atoms with E-state index in [0.717, 1.165) is 0 Å². The second-order valence-corrected chi connectivity index (χ2v) is 4.17. The average molecular weight is 281 g/mol. The van der Waals surface area contributed by atoms with Crippen molar-refractivity contribution >= 4 is 11.7 Å². The molecule has 0 aliphatic rings. The summed E-state index contributed by atoms with van der Waals surface area (Å²) in [6.45, 7) is 1.48. The summed E-state index contributed by atoms with van der Waals surface area (Å²) < 4.78 is 10.2. The van der Waals surface area contributed by atoms with E-state index in [0.29, 0.717) is 17.1 Å². The number of Topliss-reactive ketones (excluding diaryl/α,β-unsaturated/α-hetero) is 1. The highest BCUT2D eigenvalue weighted by molar-refractivity contribution is 6.10. The molecule has 0 saturated heterocycles. The van der Waals surface area contributed by atoms with Crippen LogP contribution in [0.4, 0.5) is 0 Å². The summed E-state index contributed by atoms with van der Waals surface area (Å²) in [5, 5.41) is 11.1. The van der Waals surface area contributed by atoms with Gasteiger partial charge < -0.3 is 19.9 Å². The van der Waals surface area contributed by atoms with Crippen molar-refractivity contribution in [3.8, 4) is 11.5 Å². The van der Waals surface area contributed by atoms with Gasteiger partial charge >= 0.3 is 0 Å². The number of methoxy groups -OCH3 is 2. The van der Waals surface area contributed by atoms with Crippen molar-refractivity contribution < 1.29 is 24.2 Å². The number of benzene rings is 1. The molecular formula is C14H19NO5. The number of aliphatic hydroxyl groups excluding tert-OH is 1. The Hall–Kier alpha value is -2.08. The van der Waals surface area contributed by atoms with Crippen LogP contribution in [-0.4, -0.2) is 44.2 Å². The fourth-order valence-corrected chi connectivity index (χ4v) is 1.69. The van der Waals surface area contributed by atoms with Crippen molar-refractivity contribution in [3.63, 3.8) is 0 Å². The molecule has 0 spiro atoms. The number of hydrogen-bond acceptors (Lipinski definition) is 5. The maximum Gasteiger partial charge on any atom is 0.230 e. The van der Waals surface area contributed by atoms with Crippen LogP contribution in [0, 0.1) is 5.92 Å². The maximum atomic E-state index is 12.2. The molecule has 0 aliphatic heterocycles. The van der Waals surface area contributed by atoms with Gasteiger partial charge in [0, 0.05) is 12.1 Å². The number of carbonyl (C=O) groups is 2. The molecule has 0 radical (unpaired) electrons. The summed E-state index contributed by atoms with van der Waals surface area (Å²) in [5.41, 5.74) is 0.370. The first kappa shape index (κ1) is 16.0. The van der Waals surface area contributed by atoms with Gasteiger partial charge in [0.05, 0.1) is 26.7 Å². The van der Waals surface area contributed by atoms with E-state index in [1.165, 1.54) is 27.2 Å². The SMILES string of the molecule is COc1ccc(C(=O)C(C)C(=O)NCCO)cc1OC. The number of rotatable bonds is 7. The Labute approximate surface area is 117 Å². The first-order valence-corrected chi connectivity index (χ1v) is 6.20. The maximum absolute atomic E-state index is 12.2. The average Bonchev–Trinajstić information content (AvgIpc) is 2.50. The molecule has 6 heteroatoms. The molecule has 1 aromatic rings. The zero-order valence-electron chi connectivity index (χ0n) is 11.8. The Bertz CT molecular complexity index is 486. The molecule has 1 rings (SSSR count). The predicted octanol–water partition coefficient (Wildman–Crippen LogP) is 0.631. The smallest absolute Gasteiger partial charge is 0.230 e.